The van der Waals surface area contributed by atoms with E-state index in [1.807, 2.05) is 74.5 Å². The smallest absolute Gasteiger partial charge is 0.252 e. The summed E-state index contributed by atoms with van der Waals surface area (Å²) in [7, 11) is 3.29. The standard InChI is InChI=1S/C43H50FN3O4/c1-41(2,3)32-20-18-30(19-21-32)36-34(14-11-15-35(36)51-7)38(48)46-43(5)26-24-42(4,25-27-43)40(50)45-37(31-12-9-8-10-13-31)39(49)47(6)28-29-16-22-33(44)23-17-29/h8-23,37H,24-28H2,1-7H3,(H,45,50)(H,46,48)/t37-,42?,43?/m0/s1. The highest BCUT2D eigenvalue weighted by Gasteiger charge is 2.44. The summed E-state index contributed by atoms with van der Waals surface area (Å²) in [5.41, 5.74) is 3.54. The summed E-state index contributed by atoms with van der Waals surface area (Å²) in [6.07, 6.45) is 2.21. The van der Waals surface area contributed by atoms with Gasteiger partial charge in [-0.2, -0.15) is 0 Å². The molecule has 1 saturated carbocycles. The molecule has 7 nitrogen and oxygen atoms in total. The zero-order chi connectivity index (χ0) is 37.0. The van der Waals surface area contributed by atoms with E-state index in [4.69, 9.17) is 4.74 Å². The number of carbonyl (C=O) groups is 3. The molecule has 0 bridgehead atoms. The third-order valence-corrected chi connectivity index (χ3v) is 10.3. The lowest BCUT2D eigenvalue weighted by Crippen LogP contribution is -2.53. The Morgan fingerprint density at radius 3 is 2.06 bits per heavy atom. The molecular formula is C43H50FN3O4. The molecule has 0 heterocycles. The lowest BCUT2D eigenvalue weighted by molar-refractivity contribution is -0.140. The Labute approximate surface area is 301 Å². The molecule has 1 aliphatic carbocycles. The third-order valence-electron chi connectivity index (χ3n) is 10.3. The Hall–Kier alpha value is -4.98. The van der Waals surface area contributed by atoms with Crippen molar-refractivity contribution in [1.29, 1.82) is 0 Å². The van der Waals surface area contributed by atoms with E-state index in [0.717, 1.165) is 16.7 Å². The van der Waals surface area contributed by atoms with Crippen molar-refractivity contribution in [2.75, 3.05) is 14.2 Å². The number of halogens is 1. The first-order valence-corrected chi connectivity index (χ1v) is 17.6. The average Bonchev–Trinajstić information content (AvgIpc) is 3.12. The van der Waals surface area contributed by atoms with Crippen molar-refractivity contribution in [2.24, 2.45) is 5.41 Å². The van der Waals surface area contributed by atoms with Crippen LogP contribution in [0.25, 0.3) is 11.1 Å². The molecule has 8 heteroatoms. The Kier molecular flexibility index (Phi) is 11.0. The first kappa shape index (κ1) is 37.3. The van der Waals surface area contributed by atoms with Gasteiger partial charge in [-0.3, -0.25) is 14.4 Å². The van der Waals surface area contributed by atoms with E-state index in [1.165, 1.54) is 17.7 Å². The second-order valence-corrected chi connectivity index (χ2v) is 15.4. The van der Waals surface area contributed by atoms with Crippen LogP contribution in [0.2, 0.25) is 0 Å². The van der Waals surface area contributed by atoms with Crippen LogP contribution in [0.15, 0.2) is 97.1 Å². The Morgan fingerprint density at radius 1 is 0.843 bits per heavy atom. The number of carbonyl (C=O) groups excluding carboxylic acids is 3. The molecule has 1 aliphatic rings. The van der Waals surface area contributed by atoms with Crippen molar-refractivity contribution < 1.29 is 23.5 Å². The molecule has 0 aromatic heterocycles. The van der Waals surface area contributed by atoms with Crippen LogP contribution in [-0.4, -0.2) is 42.3 Å². The SMILES string of the molecule is COc1cccc(C(=O)NC2(C)CCC(C)(C(=O)N[C@H](C(=O)N(C)Cc3ccc(F)cc3)c3ccccc3)CC2)c1-c1ccc(C(C)(C)C)cc1. The molecule has 1 atom stereocenters. The quantitative estimate of drug-likeness (QED) is 0.175. The maximum absolute atomic E-state index is 14.0. The number of hydrogen-bond acceptors (Lipinski definition) is 4. The van der Waals surface area contributed by atoms with Crippen LogP contribution >= 0.6 is 0 Å². The van der Waals surface area contributed by atoms with Crippen LogP contribution < -0.4 is 15.4 Å². The molecule has 0 unspecified atom stereocenters. The fourth-order valence-electron chi connectivity index (χ4n) is 6.77. The predicted molar refractivity (Wildman–Crippen MR) is 200 cm³/mol. The van der Waals surface area contributed by atoms with E-state index < -0.39 is 17.0 Å². The highest BCUT2D eigenvalue weighted by Crippen LogP contribution is 2.42. The van der Waals surface area contributed by atoms with Gasteiger partial charge in [0, 0.05) is 30.1 Å². The summed E-state index contributed by atoms with van der Waals surface area (Å²) >= 11 is 0. The van der Waals surface area contributed by atoms with Gasteiger partial charge in [-0.05, 0) is 84.5 Å². The van der Waals surface area contributed by atoms with E-state index >= 15 is 0 Å². The minimum Gasteiger partial charge on any atom is -0.496 e. The molecule has 1 fully saturated rings. The molecule has 0 aliphatic heterocycles. The number of likely N-dealkylation sites (N-methyl/N-ethyl adjacent to an activating group) is 1. The molecule has 0 spiro atoms. The van der Waals surface area contributed by atoms with Gasteiger partial charge in [-0.15, -0.1) is 0 Å². The van der Waals surface area contributed by atoms with Crippen molar-refractivity contribution in [1.82, 2.24) is 15.5 Å². The number of ether oxygens (including phenoxy) is 1. The van der Waals surface area contributed by atoms with Gasteiger partial charge in [0.25, 0.3) is 5.91 Å². The lowest BCUT2D eigenvalue weighted by atomic mass is 9.68. The number of amides is 3. The van der Waals surface area contributed by atoms with Gasteiger partial charge in [0.1, 0.15) is 17.6 Å². The predicted octanol–water partition coefficient (Wildman–Crippen LogP) is 8.38. The van der Waals surface area contributed by atoms with Crippen molar-refractivity contribution in [3.8, 4) is 16.9 Å². The van der Waals surface area contributed by atoms with Gasteiger partial charge in [0.05, 0.1) is 12.7 Å². The van der Waals surface area contributed by atoms with Gasteiger partial charge in [0.2, 0.25) is 11.8 Å². The van der Waals surface area contributed by atoms with Crippen molar-refractivity contribution >= 4 is 17.7 Å². The minimum atomic E-state index is -0.891. The van der Waals surface area contributed by atoms with Crippen molar-refractivity contribution in [3.63, 3.8) is 0 Å². The Bertz CT molecular complexity index is 1840. The molecule has 0 saturated heterocycles. The van der Waals surface area contributed by atoms with Gasteiger partial charge in [-0.1, -0.05) is 100 Å². The number of hydrogen-bond donors (Lipinski definition) is 2. The fourth-order valence-corrected chi connectivity index (χ4v) is 6.77. The van der Waals surface area contributed by atoms with E-state index in [2.05, 4.69) is 43.5 Å². The number of benzene rings is 4. The van der Waals surface area contributed by atoms with Crippen LogP contribution in [0.3, 0.4) is 0 Å². The summed E-state index contributed by atoms with van der Waals surface area (Å²) in [6, 6.07) is 28.1. The van der Waals surface area contributed by atoms with E-state index in [0.29, 0.717) is 42.6 Å². The average molecular weight is 692 g/mol. The monoisotopic (exact) mass is 691 g/mol. The van der Waals surface area contributed by atoms with Gasteiger partial charge in [0.15, 0.2) is 0 Å². The van der Waals surface area contributed by atoms with Crippen LogP contribution in [0.1, 0.15) is 93.4 Å². The summed E-state index contributed by atoms with van der Waals surface area (Å²) in [5, 5.41) is 6.37. The van der Waals surface area contributed by atoms with Gasteiger partial charge < -0.3 is 20.3 Å². The molecular weight excluding hydrogens is 641 g/mol. The third kappa shape index (κ3) is 8.67. The van der Waals surface area contributed by atoms with Gasteiger partial charge in [-0.25, -0.2) is 4.39 Å². The molecule has 5 rings (SSSR count). The highest BCUT2D eigenvalue weighted by molar-refractivity contribution is 6.03. The molecule has 51 heavy (non-hydrogen) atoms. The summed E-state index contributed by atoms with van der Waals surface area (Å²) in [5.74, 6) is -0.390. The van der Waals surface area contributed by atoms with E-state index in [1.54, 1.807) is 31.2 Å². The van der Waals surface area contributed by atoms with Crippen molar-refractivity contribution in [2.45, 2.75) is 83.8 Å². The topological polar surface area (TPSA) is 87.7 Å². The molecule has 3 amide bonds. The van der Waals surface area contributed by atoms with E-state index in [9.17, 15) is 18.8 Å². The molecule has 4 aromatic carbocycles. The van der Waals surface area contributed by atoms with Crippen LogP contribution in [0.5, 0.6) is 5.75 Å². The van der Waals surface area contributed by atoms with Crippen LogP contribution in [0.4, 0.5) is 4.39 Å². The Morgan fingerprint density at radius 2 is 1.47 bits per heavy atom. The largest absolute Gasteiger partial charge is 0.496 e. The second-order valence-electron chi connectivity index (χ2n) is 15.4. The maximum atomic E-state index is 14.0. The fraction of sp³-hybridized carbons (Fsp3) is 0.372. The van der Waals surface area contributed by atoms with Crippen LogP contribution in [-0.2, 0) is 21.5 Å². The Balaban J connectivity index is 1.29. The summed E-state index contributed by atoms with van der Waals surface area (Å²) in [6.45, 7) is 10.7. The molecule has 0 radical (unpaired) electrons. The lowest BCUT2D eigenvalue weighted by Gasteiger charge is -2.43. The van der Waals surface area contributed by atoms with Crippen molar-refractivity contribution in [3.05, 3.63) is 125 Å². The van der Waals surface area contributed by atoms with E-state index in [-0.39, 0.29) is 35.5 Å². The second kappa shape index (κ2) is 15.1. The molecule has 268 valence electrons. The normalized spacial score (nSPS) is 19.5. The van der Waals surface area contributed by atoms with Crippen LogP contribution in [0, 0.1) is 11.2 Å². The molecule has 2 N–H and O–H groups in total. The van der Waals surface area contributed by atoms with Gasteiger partial charge >= 0.3 is 0 Å². The number of rotatable bonds is 10. The number of methoxy groups -OCH3 is 1. The number of nitrogens with zero attached hydrogens (tertiary/aromatic N) is 1. The zero-order valence-electron chi connectivity index (χ0n) is 30.8. The summed E-state index contributed by atoms with van der Waals surface area (Å²) in [4.78, 5) is 43.4. The first-order valence-electron chi connectivity index (χ1n) is 17.6. The first-order chi connectivity index (χ1) is 24.1. The zero-order valence-corrected chi connectivity index (χ0v) is 30.8. The highest BCUT2D eigenvalue weighted by atomic mass is 19.1. The number of nitrogens with one attached hydrogen (secondary N) is 2. The minimum absolute atomic E-state index is 0.0000112. The summed E-state index contributed by atoms with van der Waals surface area (Å²) < 4.78 is 19.2. The maximum Gasteiger partial charge on any atom is 0.252 e. The molecule has 4 aromatic rings.